The molecule has 0 nitrogen and oxygen atoms in total. The summed E-state index contributed by atoms with van der Waals surface area (Å²) < 4.78 is 10.2. The van der Waals surface area contributed by atoms with E-state index in [2.05, 4.69) is 15.8 Å². The topological polar surface area (TPSA) is 0 Å². The van der Waals surface area contributed by atoms with Crippen molar-refractivity contribution >= 4 is 33.7 Å². The van der Waals surface area contributed by atoms with Crippen molar-refractivity contribution in [3.8, 4) is 0 Å². The van der Waals surface area contributed by atoms with Crippen LogP contribution in [0.5, 0.6) is 0 Å². The SMILES string of the molecule is I.[F][Zn][Cl].[c-]1ccccc1. The molecular formula is C6H6ClFIZn-. The fourth-order valence-electron chi connectivity index (χ4n) is 0.342. The Labute approximate surface area is 89.4 Å². The third kappa shape index (κ3) is 11.6. The molecule has 0 N–H and O–H groups in total. The maximum Gasteiger partial charge on any atom is -0.171 e. The molecule has 0 aromatic heterocycles. The molecule has 0 aliphatic rings. The van der Waals surface area contributed by atoms with Crippen molar-refractivity contribution in [3.05, 3.63) is 36.4 Å². The first-order chi connectivity index (χ1) is 4.41. The molecule has 54 valence electrons. The Kier molecular flexibility index (Phi) is 16.7. The Balaban J connectivity index is 0. The fourth-order valence-corrected chi connectivity index (χ4v) is 0.342. The number of hydrogen-bond donors (Lipinski definition) is 0. The van der Waals surface area contributed by atoms with Crippen molar-refractivity contribution in [1.82, 2.24) is 0 Å². The van der Waals surface area contributed by atoms with E-state index in [4.69, 9.17) is 0 Å². The predicted octanol–water partition coefficient (Wildman–Crippen LogP) is 3.21. The van der Waals surface area contributed by atoms with Crippen molar-refractivity contribution in [1.29, 1.82) is 0 Å². The molecular weight excluding hydrogens is 319 g/mol. The summed E-state index contributed by atoms with van der Waals surface area (Å²) in [4.78, 5) is 0. The molecule has 0 aliphatic carbocycles. The summed E-state index contributed by atoms with van der Waals surface area (Å²) >= 11 is -1.90. The second-order valence-corrected chi connectivity index (χ2v) is 2.65. The van der Waals surface area contributed by atoms with Crippen LogP contribution < -0.4 is 0 Å². The van der Waals surface area contributed by atoms with Crippen LogP contribution in [0.15, 0.2) is 30.3 Å². The Morgan fingerprint density at radius 2 is 1.60 bits per heavy atom. The van der Waals surface area contributed by atoms with E-state index in [1.165, 1.54) is 0 Å². The van der Waals surface area contributed by atoms with Crippen LogP contribution in [0.4, 0.5) is 3.32 Å². The summed E-state index contributed by atoms with van der Waals surface area (Å²) in [7, 11) is 4.52. The predicted molar refractivity (Wildman–Crippen MR) is 47.7 cm³/mol. The summed E-state index contributed by atoms with van der Waals surface area (Å²) in [6.07, 6.45) is 0. The van der Waals surface area contributed by atoms with Crippen LogP contribution in [0.25, 0.3) is 0 Å². The van der Waals surface area contributed by atoms with Crippen LogP contribution in [0, 0.1) is 6.07 Å². The zero-order chi connectivity index (χ0) is 6.95. The van der Waals surface area contributed by atoms with Gasteiger partial charge in [-0.2, -0.15) is 36.4 Å². The van der Waals surface area contributed by atoms with Gasteiger partial charge < -0.3 is 0 Å². The maximum atomic E-state index is 10.2. The van der Waals surface area contributed by atoms with Crippen LogP contribution in [0.2, 0.25) is 0 Å². The Morgan fingerprint density at radius 1 is 1.20 bits per heavy atom. The molecule has 0 saturated carbocycles. The van der Waals surface area contributed by atoms with E-state index in [1.807, 2.05) is 30.3 Å². The van der Waals surface area contributed by atoms with Gasteiger partial charge in [0.25, 0.3) is 0 Å². The van der Waals surface area contributed by atoms with Gasteiger partial charge in [-0.15, -0.1) is 24.0 Å². The van der Waals surface area contributed by atoms with Crippen LogP contribution >= 0.6 is 33.7 Å². The van der Waals surface area contributed by atoms with Crippen molar-refractivity contribution < 1.29 is 20.0 Å². The number of halogens is 3. The minimum absolute atomic E-state index is 0. The van der Waals surface area contributed by atoms with E-state index in [0.717, 1.165) is 0 Å². The van der Waals surface area contributed by atoms with Crippen molar-refractivity contribution in [2.75, 3.05) is 0 Å². The van der Waals surface area contributed by atoms with Gasteiger partial charge in [0.05, 0.1) is 0 Å². The van der Waals surface area contributed by atoms with Crippen LogP contribution in [0.1, 0.15) is 0 Å². The number of hydrogen-bond acceptors (Lipinski definition) is 0. The molecule has 0 amide bonds. The molecule has 0 atom stereocenters. The van der Waals surface area contributed by atoms with E-state index in [0.29, 0.717) is 0 Å². The fraction of sp³-hybridized carbons (Fsp3) is 0. The first kappa shape index (κ1) is 13.4. The zero-order valence-corrected chi connectivity index (χ0v) is 11.3. The first-order valence-electron chi connectivity index (χ1n) is 2.45. The Morgan fingerprint density at radius 3 is 1.70 bits per heavy atom. The smallest absolute Gasteiger partial charge is 0.171 e. The van der Waals surface area contributed by atoms with E-state index in [-0.39, 0.29) is 24.0 Å². The van der Waals surface area contributed by atoms with Gasteiger partial charge in [-0.3, -0.25) is 0 Å². The van der Waals surface area contributed by atoms with Gasteiger partial charge in [0.1, 0.15) is 0 Å². The monoisotopic (exact) mass is 323 g/mol. The average Bonchev–Trinajstić information content (AvgIpc) is 1.93. The molecule has 0 radical (unpaired) electrons. The third-order valence-corrected chi connectivity index (χ3v) is 0.607. The summed E-state index contributed by atoms with van der Waals surface area (Å²) in [5.74, 6) is 0. The molecule has 0 unspecified atom stereocenters. The molecule has 0 heterocycles. The van der Waals surface area contributed by atoms with Crippen LogP contribution in [-0.2, 0) is 16.6 Å². The van der Waals surface area contributed by atoms with Gasteiger partial charge >= 0.3 is 29.6 Å². The normalized spacial score (nSPS) is 5.80. The first-order valence-corrected chi connectivity index (χ1v) is 7.47. The molecule has 0 fully saturated rings. The second kappa shape index (κ2) is 12.5. The van der Waals surface area contributed by atoms with Crippen LogP contribution in [-0.4, -0.2) is 0 Å². The third-order valence-electron chi connectivity index (χ3n) is 0.607. The standard InChI is InChI=1S/C6H5.ClH.FH.HI.Zn/c1-2-4-6-5-3-1;;;;/h1-5H;3*1H;/q-1;;;;+2/p-2. The number of rotatable bonds is 0. The van der Waals surface area contributed by atoms with Gasteiger partial charge in [0.15, 0.2) is 0 Å². The molecule has 1 rings (SSSR count). The minimum Gasteiger partial charge on any atom is -0.184 e. The quantitative estimate of drug-likeness (QED) is 0.390. The van der Waals surface area contributed by atoms with Gasteiger partial charge in [-0.1, -0.05) is 0 Å². The summed E-state index contributed by atoms with van der Waals surface area (Å²) in [6, 6.07) is 12.5. The number of benzene rings is 1. The van der Waals surface area contributed by atoms with Gasteiger partial charge in [-0.25, -0.2) is 0 Å². The Hall–Kier alpha value is 0.793. The molecule has 0 spiro atoms. The zero-order valence-electron chi connectivity index (χ0n) is 5.26. The maximum absolute atomic E-state index is 10.2. The van der Waals surface area contributed by atoms with Crippen LogP contribution in [0.3, 0.4) is 0 Å². The molecule has 0 saturated heterocycles. The van der Waals surface area contributed by atoms with E-state index in [1.54, 1.807) is 0 Å². The molecule has 1 aromatic rings. The minimum atomic E-state index is -1.90. The molecule has 0 bridgehead atoms. The van der Waals surface area contributed by atoms with E-state index < -0.39 is 16.6 Å². The molecule has 1 aromatic carbocycles. The molecule has 0 aliphatic heterocycles. The van der Waals surface area contributed by atoms with Gasteiger partial charge in [0.2, 0.25) is 0 Å². The van der Waals surface area contributed by atoms with Crippen molar-refractivity contribution in [2.24, 2.45) is 0 Å². The van der Waals surface area contributed by atoms with Crippen molar-refractivity contribution in [2.45, 2.75) is 0 Å². The van der Waals surface area contributed by atoms with E-state index in [9.17, 15) is 3.32 Å². The van der Waals surface area contributed by atoms with Crippen molar-refractivity contribution in [3.63, 3.8) is 0 Å². The summed E-state index contributed by atoms with van der Waals surface area (Å²) in [6.45, 7) is 0. The van der Waals surface area contributed by atoms with Gasteiger partial charge in [-0.05, 0) is 0 Å². The second-order valence-electron chi connectivity index (χ2n) is 1.18. The largest absolute Gasteiger partial charge is 0.184 e. The average molecular weight is 325 g/mol. The Bertz CT molecular complexity index is 101. The van der Waals surface area contributed by atoms with E-state index >= 15 is 0 Å². The summed E-state index contributed by atoms with van der Waals surface area (Å²) in [5.41, 5.74) is 0. The molecule has 4 heteroatoms. The molecule has 10 heavy (non-hydrogen) atoms. The van der Waals surface area contributed by atoms with Gasteiger partial charge in [0, 0.05) is 0 Å². The summed E-state index contributed by atoms with van der Waals surface area (Å²) in [5, 5.41) is 0.